The number of nitrogens with zero attached hydrogens (tertiary/aromatic N) is 1. The van der Waals surface area contributed by atoms with Crippen LogP contribution in [0.3, 0.4) is 0 Å². The number of carboxylic acid groups (broad SMARTS) is 1. The number of rotatable bonds is 4. The topological polar surface area (TPSA) is 106 Å². The van der Waals surface area contributed by atoms with Gasteiger partial charge < -0.3 is 19.7 Å². The molecular formula is C24H18ClNO6. The summed E-state index contributed by atoms with van der Waals surface area (Å²) in [5.74, 6) is -4.15. The van der Waals surface area contributed by atoms with Crippen molar-refractivity contribution in [3.05, 3.63) is 88.7 Å². The number of carboxylic acids is 1. The minimum atomic E-state index is -2.34. The van der Waals surface area contributed by atoms with Crippen LogP contribution < -0.4 is 9.47 Å². The number of halogens is 1. The highest BCUT2D eigenvalue weighted by molar-refractivity contribution is 6.30. The van der Waals surface area contributed by atoms with Crippen LogP contribution in [0.4, 0.5) is 0 Å². The first-order valence-electron chi connectivity index (χ1n) is 9.88. The lowest BCUT2D eigenvalue weighted by Crippen LogP contribution is -2.51. The van der Waals surface area contributed by atoms with Gasteiger partial charge in [-0.1, -0.05) is 54.1 Å². The lowest BCUT2D eigenvalue weighted by atomic mass is 9.71. The number of ether oxygens (including phenoxy) is 2. The van der Waals surface area contributed by atoms with Crippen molar-refractivity contribution in [1.29, 1.82) is 0 Å². The van der Waals surface area contributed by atoms with Crippen LogP contribution in [0.1, 0.15) is 22.7 Å². The highest BCUT2D eigenvalue weighted by atomic mass is 35.5. The maximum atomic E-state index is 13.7. The monoisotopic (exact) mass is 451 g/mol. The molecule has 0 unspecified atom stereocenters. The largest absolute Gasteiger partial charge is 0.497 e. The summed E-state index contributed by atoms with van der Waals surface area (Å²) in [6, 6.07) is 16.8. The summed E-state index contributed by atoms with van der Waals surface area (Å²) in [5.41, 5.74) is -3.21. The van der Waals surface area contributed by atoms with Gasteiger partial charge in [0.1, 0.15) is 23.1 Å². The third-order valence-corrected chi connectivity index (χ3v) is 6.53. The molecule has 0 saturated heterocycles. The van der Waals surface area contributed by atoms with Crippen LogP contribution in [0.15, 0.2) is 66.9 Å². The van der Waals surface area contributed by atoms with Gasteiger partial charge in [0.25, 0.3) is 0 Å². The first-order valence-corrected chi connectivity index (χ1v) is 10.3. The Morgan fingerprint density at radius 1 is 1.16 bits per heavy atom. The van der Waals surface area contributed by atoms with Crippen molar-refractivity contribution in [2.45, 2.75) is 17.1 Å². The number of hydrogen-bond donors (Lipinski definition) is 2. The Morgan fingerprint density at radius 2 is 1.84 bits per heavy atom. The number of ketones is 1. The van der Waals surface area contributed by atoms with Crippen LogP contribution in [-0.4, -0.2) is 34.1 Å². The van der Waals surface area contributed by atoms with Crippen LogP contribution in [0.2, 0.25) is 5.02 Å². The normalized spacial score (nSPS) is 28.0. The zero-order valence-corrected chi connectivity index (χ0v) is 17.6. The maximum absolute atomic E-state index is 13.7. The quantitative estimate of drug-likeness (QED) is 0.586. The molecule has 0 amide bonds. The molecule has 2 heterocycles. The zero-order chi connectivity index (χ0) is 22.7. The number of benzene rings is 2. The number of carbonyl (C=O) groups is 2. The van der Waals surface area contributed by atoms with Crippen molar-refractivity contribution < 1.29 is 29.3 Å². The Bertz CT molecular complexity index is 1230. The van der Waals surface area contributed by atoms with Crippen molar-refractivity contribution in [1.82, 2.24) is 4.98 Å². The average molecular weight is 452 g/mol. The molecule has 0 bridgehead atoms. The molecule has 2 aliphatic rings. The number of fused-ring (bicyclic) bond motifs is 3. The number of carbonyl (C=O) groups excluding carboxylic acids is 1. The standard InChI is InChI=1S/C24H18ClNO6/c1-31-16-9-7-14(8-10-16)24-19(13-5-3-2-4-6-13)18(22(28)29)21(27)23(24,30)20-17(32-24)11-15(25)12-26-20/h2-12,18-19,30H,1H3,(H,28,29)/t18-,19-,23+,24+/m1/s1. The Kier molecular flexibility index (Phi) is 4.51. The van der Waals surface area contributed by atoms with Gasteiger partial charge in [-0.15, -0.1) is 0 Å². The van der Waals surface area contributed by atoms with Gasteiger partial charge in [-0.05, 0) is 17.7 Å². The second-order valence-electron chi connectivity index (χ2n) is 7.85. The van der Waals surface area contributed by atoms with Gasteiger partial charge in [0.2, 0.25) is 5.60 Å². The van der Waals surface area contributed by atoms with E-state index in [1.165, 1.54) is 19.4 Å². The molecule has 0 spiro atoms. The lowest BCUT2D eigenvalue weighted by Gasteiger charge is -2.38. The molecule has 4 atom stereocenters. The first kappa shape index (κ1) is 20.5. The maximum Gasteiger partial charge on any atom is 0.314 e. The minimum absolute atomic E-state index is 0.0487. The predicted molar refractivity (Wildman–Crippen MR) is 114 cm³/mol. The van der Waals surface area contributed by atoms with Crippen molar-refractivity contribution in [2.75, 3.05) is 7.11 Å². The van der Waals surface area contributed by atoms with Crippen LogP contribution in [0.5, 0.6) is 11.5 Å². The predicted octanol–water partition coefficient (Wildman–Crippen LogP) is 3.29. The molecule has 1 fully saturated rings. The molecule has 1 aliphatic carbocycles. The SMILES string of the molecule is COc1ccc([C@@]23Oc4cc(Cl)cnc4[C@]2(O)C(=O)[C@H](C(=O)O)[C@H]3c2ccccc2)cc1. The molecule has 2 N–H and O–H groups in total. The molecular weight excluding hydrogens is 434 g/mol. The number of aliphatic carboxylic acids is 1. The Balaban J connectivity index is 1.86. The fourth-order valence-electron chi connectivity index (χ4n) is 5.02. The van der Waals surface area contributed by atoms with Gasteiger partial charge >= 0.3 is 5.97 Å². The lowest BCUT2D eigenvalue weighted by molar-refractivity contribution is -0.154. The van der Waals surface area contributed by atoms with Crippen molar-refractivity contribution in [3.63, 3.8) is 0 Å². The molecule has 32 heavy (non-hydrogen) atoms. The highest BCUT2D eigenvalue weighted by Crippen LogP contribution is 2.66. The summed E-state index contributed by atoms with van der Waals surface area (Å²) < 4.78 is 11.6. The van der Waals surface area contributed by atoms with Gasteiger partial charge in [0.05, 0.1) is 18.1 Å². The summed E-state index contributed by atoms with van der Waals surface area (Å²) in [5, 5.41) is 22.4. The first-order chi connectivity index (χ1) is 15.3. The van der Waals surface area contributed by atoms with Crippen LogP contribution >= 0.6 is 11.6 Å². The Hall–Kier alpha value is -3.42. The number of Topliss-reactive ketones (excluding diaryl/α,β-unsaturated/α-hetero) is 1. The van der Waals surface area contributed by atoms with Gasteiger partial charge in [0.15, 0.2) is 11.4 Å². The number of aromatic nitrogens is 1. The molecule has 5 rings (SSSR count). The molecule has 3 aromatic rings. The second kappa shape index (κ2) is 7.05. The van der Waals surface area contributed by atoms with E-state index in [1.807, 2.05) is 0 Å². The van der Waals surface area contributed by atoms with Gasteiger partial charge in [0, 0.05) is 17.8 Å². The van der Waals surface area contributed by atoms with E-state index in [0.29, 0.717) is 16.9 Å². The highest BCUT2D eigenvalue weighted by Gasteiger charge is 2.78. The fraction of sp³-hybridized carbons (Fsp3) is 0.208. The summed E-state index contributed by atoms with van der Waals surface area (Å²) in [6.45, 7) is 0. The minimum Gasteiger partial charge on any atom is -0.497 e. The number of methoxy groups -OCH3 is 1. The number of pyridine rings is 1. The average Bonchev–Trinajstić information content (AvgIpc) is 3.17. The molecule has 0 radical (unpaired) electrons. The van der Waals surface area contributed by atoms with E-state index in [1.54, 1.807) is 54.6 Å². The summed E-state index contributed by atoms with van der Waals surface area (Å²) in [4.78, 5) is 30.2. The molecule has 1 aromatic heterocycles. The summed E-state index contributed by atoms with van der Waals surface area (Å²) in [7, 11) is 1.52. The summed E-state index contributed by atoms with van der Waals surface area (Å²) in [6.07, 6.45) is 1.30. The Labute approximate surface area is 188 Å². The molecule has 162 valence electrons. The van der Waals surface area contributed by atoms with Crippen LogP contribution in [0, 0.1) is 5.92 Å². The van der Waals surface area contributed by atoms with E-state index in [9.17, 15) is 19.8 Å². The molecule has 7 nitrogen and oxygen atoms in total. The molecule has 1 saturated carbocycles. The molecule has 1 aliphatic heterocycles. The second-order valence-corrected chi connectivity index (χ2v) is 8.28. The van der Waals surface area contributed by atoms with E-state index in [2.05, 4.69) is 4.98 Å². The molecule has 2 aromatic carbocycles. The fourth-order valence-corrected chi connectivity index (χ4v) is 5.17. The van der Waals surface area contributed by atoms with Crippen LogP contribution in [-0.2, 0) is 20.8 Å². The zero-order valence-electron chi connectivity index (χ0n) is 16.9. The van der Waals surface area contributed by atoms with E-state index in [4.69, 9.17) is 21.1 Å². The summed E-state index contributed by atoms with van der Waals surface area (Å²) >= 11 is 6.11. The number of hydrogen-bond acceptors (Lipinski definition) is 6. The van der Waals surface area contributed by atoms with Gasteiger partial charge in [-0.3, -0.25) is 14.6 Å². The third kappa shape index (κ3) is 2.49. The van der Waals surface area contributed by atoms with Crippen molar-refractivity contribution in [3.8, 4) is 11.5 Å². The number of aliphatic hydroxyl groups is 1. The third-order valence-electron chi connectivity index (χ3n) is 6.32. The van der Waals surface area contributed by atoms with Crippen LogP contribution in [0.25, 0.3) is 0 Å². The van der Waals surface area contributed by atoms with Gasteiger partial charge in [-0.25, -0.2) is 0 Å². The van der Waals surface area contributed by atoms with E-state index < -0.39 is 34.8 Å². The van der Waals surface area contributed by atoms with Crippen molar-refractivity contribution >= 4 is 23.4 Å². The van der Waals surface area contributed by atoms with E-state index in [0.717, 1.165) is 0 Å². The van der Waals surface area contributed by atoms with E-state index >= 15 is 0 Å². The Morgan fingerprint density at radius 3 is 2.47 bits per heavy atom. The molecule has 8 heteroatoms. The van der Waals surface area contributed by atoms with E-state index in [-0.39, 0.29) is 16.5 Å². The smallest absolute Gasteiger partial charge is 0.314 e. The van der Waals surface area contributed by atoms with Crippen molar-refractivity contribution in [2.24, 2.45) is 5.92 Å². The van der Waals surface area contributed by atoms with Gasteiger partial charge in [-0.2, -0.15) is 0 Å².